The molecule has 0 unspecified atom stereocenters. The standard InChI is InChI=1S/C16H19N3OS/c17-8-3-9-19-13-12-7-6-10-4-1-2-5-11(10)14(12)21-15(13)16(18)20/h1-2,4-5,19H,3,6-9,17H2,(H2,18,20). The molecule has 0 atom stereocenters. The van der Waals surface area contributed by atoms with Crippen LogP contribution in [0, 0.1) is 0 Å². The summed E-state index contributed by atoms with van der Waals surface area (Å²) in [6.45, 7) is 1.40. The Morgan fingerprint density at radius 3 is 2.86 bits per heavy atom. The number of amides is 1. The molecule has 3 rings (SSSR count). The summed E-state index contributed by atoms with van der Waals surface area (Å²) in [5.41, 5.74) is 15.8. The first-order valence-corrected chi connectivity index (χ1v) is 8.01. The summed E-state index contributed by atoms with van der Waals surface area (Å²) in [5.74, 6) is -0.359. The normalized spacial score (nSPS) is 12.6. The molecule has 1 aromatic heterocycles. The Morgan fingerprint density at radius 1 is 1.29 bits per heavy atom. The molecule has 2 aromatic rings. The zero-order valence-corrected chi connectivity index (χ0v) is 12.6. The van der Waals surface area contributed by atoms with Crippen LogP contribution >= 0.6 is 11.3 Å². The second kappa shape index (κ2) is 5.87. The van der Waals surface area contributed by atoms with Crippen molar-refractivity contribution in [2.75, 3.05) is 18.4 Å². The monoisotopic (exact) mass is 301 g/mol. The van der Waals surface area contributed by atoms with Gasteiger partial charge in [-0.2, -0.15) is 0 Å². The number of primary amides is 1. The third-order valence-electron chi connectivity index (χ3n) is 3.82. The minimum atomic E-state index is -0.359. The van der Waals surface area contributed by atoms with Crippen LogP contribution < -0.4 is 16.8 Å². The van der Waals surface area contributed by atoms with Gasteiger partial charge in [-0.3, -0.25) is 4.79 Å². The lowest BCUT2D eigenvalue weighted by Gasteiger charge is -2.17. The number of hydrogen-bond acceptors (Lipinski definition) is 4. The van der Waals surface area contributed by atoms with Gasteiger partial charge >= 0.3 is 0 Å². The largest absolute Gasteiger partial charge is 0.383 e. The van der Waals surface area contributed by atoms with Gasteiger partial charge in [0.25, 0.3) is 5.91 Å². The number of anilines is 1. The van der Waals surface area contributed by atoms with Crippen molar-refractivity contribution in [1.29, 1.82) is 0 Å². The summed E-state index contributed by atoms with van der Waals surface area (Å²) < 4.78 is 0. The highest BCUT2D eigenvalue weighted by molar-refractivity contribution is 7.18. The Morgan fingerprint density at radius 2 is 2.10 bits per heavy atom. The van der Waals surface area contributed by atoms with Crippen molar-refractivity contribution in [1.82, 2.24) is 0 Å². The average Bonchev–Trinajstić information content (AvgIpc) is 2.87. The number of nitrogens with two attached hydrogens (primary N) is 2. The van der Waals surface area contributed by atoms with Crippen molar-refractivity contribution in [2.24, 2.45) is 11.5 Å². The molecule has 21 heavy (non-hydrogen) atoms. The van der Waals surface area contributed by atoms with Gasteiger partial charge in [0, 0.05) is 11.4 Å². The third-order valence-corrected chi connectivity index (χ3v) is 5.10. The summed E-state index contributed by atoms with van der Waals surface area (Å²) in [5, 5.41) is 3.36. The number of nitrogens with one attached hydrogen (secondary N) is 1. The van der Waals surface area contributed by atoms with Crippen LogP contribution in [0.5, 0.6) is 0 Å². The van der Waals surface area contributed by atoms with Gasteiger partial charge in [0.1, 0.15) is 4.88 Å². The number of carbonyl (C=O) groups excluding carboxylic acids is 1. The first-order valence-electron chi connectivity index (χ1n) is 7.20. The van der Waals surface area contributed by atoms with Gasteiger partial charge in [0.2, 0.25) is 0 Å². The smallest absolute Gasteiger partial charge is 0.260 e. The molecule has 1 aromatic carbocycles. The molecule has 1 aliphatic rings. The molecule has 0 saturated heterocycles. The zero-order chi connectivity index (χ0) is 14.8. The first kappa shape index (κ1) is 14.1. The van der Waals surface area contributed by atoms with E-state index in [4.69, 9.17) is 11.5 Å². The summed E-state index contributed by atoms with van der Waals surface area (Å²) in [4.78, 5) is 13.6. The van der Waals surface area contributed by atoms with Gasteiger partial charge in [-0.25, -0.2) is 0 Å². The summed E-state index contributed by atoms with van der Waals surface area (Å²) in [6, 6.07) is 8.38. The summed E-state index contributed by atoms with van der Waals surface area (Å²) >= 11 is 1.50. The Hall–Kier alpha value is -1.85. The van der Waals surface area contributed by atoms with E-state index in [1.54, 1.807) is 0 Å². The zero-order valence-electron chi connectivity index (χ0n) is 11.8. The molecule has 1 aliphatic carbocycles. The predicted octanol–water partition coefficient (Wildman–Crippen LogP) is 2.37. The number of carbonyl (C=O) groups is 1. The van der Waals surface area contributed by atoms with Crippen LogP contribution in [0.2, 0.25) is 0 Å². The summed E-state index contributed by atoms with van der Waals surface area (Å²) in [6.07, 6.45) is 2.82. The number of hydrogen-bond donors (Lipinski definition) is 3. The Balaban J connectivity index is 2.06. The van der Waals surface area contributed by atoms with Crippen LogP contribution in [0.25, 0.3) is 10.4 Å². The topological polar surface area (TPSA) is 81.1 Å². The van der Waals surface area contributed by atoms with Crippen molar-refractivity contribution < 1.29 is 4.79 Å². The Kier molecular flexibility index (Phi) is 3.94. The molecular weight excluding hydrogens is 282 g/mol. The van der Waals surface area contributed by atoms with Crippen molar-refractivity contribution in [3.8, 4) is 10.4 Å². The molecule has 5 heteroatoms. The molecule has 1 amide bonds. The van der Waals surface area contributed by atoms with Crippen molar-refractivity contribution >= 4 is 22.9 Å². The molecule has 0 aliphatic heterocycles. The lowest BCUT2D eigenvalue weighted by atomic mass is 9.90. The van der Waals surface area contributed by atoms with Crippen LogP contribution in [0.4, 0.5) is 5.69 Å². The average molecular weight is 301 g/mol. The van der Waals surface area contributed by atoms with Crippen molar-refractivity contribution in [3.05, 3.63) is 40.3 Å². The van der Waals surface area contributed by atoms with E-state index in [0.717, 1.165) is 31.5 Å². The van der Waals surface area contributed by atoms with Gasteiger partial charge in [0.05, 0.1) is 5.69 Å². The van der Waals surface area contributed by atoms with Gasteiger partial charge in [0.15, 0.2) is 0 Å². The maximum Gasteiger partial charge on any atom is 0.260 e. The first-order chi connectivity index (χ1) is 10.2. The van der Waals surface area contributed by atoms with E-state index in [1.165, 1.54) is 32.9 Å². The lowest BCUT2D eigenvalue weighted by molar-refractivity contribution is 0.100. The van der Waals surface area contributed by atoms with Gasteiger partial charge in [-0.15, -0.1) is 11.3 Å². The lowest BCUT2D eigenvalue weighted by Crippen LogP contribution is -2.15. The van der Waals surface area contributed by atoms with Crippen molar-refractivity contribution in [3.63, 3.8) is 0 Å². The molecule has 0 spiro atoms. The van der Waals surface area contributed by atoms with E-state index in [9.17, 15) is 4.79 Å². The molecule has 0 fully saturated rings. The minimum absolute atomic E-state index is 0.359. The maximum atomic E-state index is 11.8. The quantitative estimate of drug-likeness (QED) is 0.742. The van der Waals surface area contributed by atoms with Crippen molar-refractivity contribution in [2.45, 2.75) is 19.3 Å². The minimum Gasteiger partial charge on any atom is -0.383 e. The number of fused-ring (bicyclic) bond motifs is 3. The van der Waals surface area contributed by atoms with E-state index < -0.39 is 0 Å². The van der Waals surface area contributed by atoms with E-state index >= 15 is 0 Å². The van der Waals surface area contributed by atoms with Crippen LogP contribution in [-0.4, -0.2) is 19.0 Å². The molecule has 110 valence electrons. The highest BCUT2D eigenvalue weighted by atomic mass is 32.1. The van der Waals surface area contributed by atoms with E-state index in [-0.39, 0.29) is 5.91 Å². The number of benzene rings is 1. The predicted molar refractivity (Wildman–Crippen MR) is 87.8 cm³/mol. The molecule has 4 nitrogen and oxygen atoms in total. The second-order valence-electron chi connectivity index (χ2n) is 5.20. The fourth-order valence-electron chi connectivity index (χ4n) is 2.82. The number of thiophene rings is 1. The van der Waals surface area contributed by atoms with E-state index in [0.29, 0.717) is 11.4 Å². The number of rotatable bonds is 5. The molecule has 0 bridgehead atoms. The molecule has 1 heterocycles. The number of aryl methyl sites for hydroxylation is 1. The van der Waals surface area contributed by atoms with Crippen LogP contribution in [0.1, 0.15) is 27.2 Å². The SMILES string of the molecule is NCCCNc1c(C(N)=O)sc2c1CCc1ccccc1-2. The molecule has 5 N–H and O–H groups in total. The molecule has 0 saturated carbocycles. The highest BCUT2D eigenvalue weighted by Crippen LogP contribution is 2.44. The van der Waals surface area contributed by atoms with Crippen LogP contribution in [-0.2, 0) is 12.8 Å². The second-order valence-corrected chi connectivity index (χ2v) is 6.22. The maximum absolute atomic E-state index is 11.8. The fraction of sp³-hybridized carbons (Fsp3) is 0.312. The highest BCUT2D eigenvalue weighted by Gasteiger charge is 2.26. The summed E-state index contributed by atoms with van der Waals surface area (Å²) in [7, 11) is 0. The molecule has 0 radical (unpaired) electrons. The van der Waals surface area contributed by atoms with Gasteiger partial charge < -0.3 is 16.8 Å². The molecular formula is C16H19N3OS. The van der Waals surface area contributed by atoms with E-state index in [2.05, 4.69) is 23.5 Å². The van der Waals surface area contributed by atoms with Gasteiger partial charge in [-0.1, -0.05) is 24.3 Å². The van der Waals surface area contributed by atoms with Crippen LogP contribution in [0.15, 0.2) is 24.3 Å². The Labute approximate surface area is 128 Å². The van der Waals surface area contributed by atoms with Crippen LogP contribution in [0.3, 0.4) is 0 Å². The Bertz CT molecular complexity index is 678. The fourth-order valence-corrected chi connectivity index (χ4v) is 4.06. The van der Waals surface area contributed by atoms with Gasteiger partial charge in [-0.05, 0) is 42.5 Å². The third kappa shape index (κ3) is 2.54. The van der Waals surface area contributed by atoms with E-state index in [1.807, 2.05) is 6.07 Å².